The number of anilines is 3. The van der Waals surface area contributed by atoms with Crippen LogP contribution < -0.4 is 10.6 Å². The van der Waals surface area contributed by atoms with Gasteiger partial charge in [0.1, 0.15) is 11.8 Å². The van der Waals surface area contributed by atoms with Crippen molar-refractivity contribution < 1.29 is 4.42 Å². The zero-order valence-electron chi connectivity index (χ0n) is 11.5. The molecule has 0 aliphatic rings. The molecule has 0 saturated carbocycles. The summed E-state index contributed by atoms with van der Waals surface area (Å²) in [6, 6.07) is 13.0. The zero-order valence-corrected chi connectivity index (χ0v) is 11.5. The normalized spacial score (nSPS) is 9.95. The van der Waals surface area contributed by atoms with Crippen LogP contribution in [0.25, 0.3) is 0 Å². The molecule has 0 aliphatic carbocycles. The fourth-order valence-corrected chi connectivity index (χ4v) is 1.85. The predicted molar refractivity (Wildman–Crippen MR) is 80.3 cm³/mol. The van der Waals surface area contributed by atoms with E-state index in [9.17, 15) is 0 Å². The maximum atomic E-state index is 9.08. The van der Waals surface area contributed by atoms with Gasteiger partial charge in [0.2, 0.25) is 5.95 Å². The van der Waals surface area contributed by atoms with Crippen molar-refractivity contribution in [2.45, 2.75) is 6.54 Å². The van der Waals surface area contributed by atoms with Crippen LogP contribution in [-0.2, 0) is 6.54 Å². The Morgan fingerprint density at radius 3 is 2.91 bits per heavy atom. The van der Waals surface area contributed by atoms with Gasteiger partial charge in [-0.1, -0.05) is 12.1 Å². The van der Waals surface area contributed by atoms with Gasteiger partial charge in [-0.2, -0.15) is 15.3 Å². The number of benzene rings is 1. The summed E-state index contributed by atoms with van der Waals surface area (Å²) >= 11 is 0. The molecule has 2 heterocycles. The van der Waals surface area contributed by atoms with Crippen LogP contribution >= 0.6 is 0 Å². The molecule has 1 aromatic carbocycles. The molecule has 2 N–H and O–H groups in total. The molecule has 2 aromatic heterocycles. The molecule has 0 atom stereocenters. The number of nitriles is 1. The minimum atomic E-state index is 0.371. The third-order valence-corrected chi connectivity index (χ3v) is 2.87. The van der Waals surface area contributed by atoms with Crippen LogP contribution in [0.4, 0.5) is 17.5 Å². The fraction of sp³-hybridized carbons (Fsp3) is 0.0667. The Labute approximate surface area is 126 Å². The van der Waals surface area contributed by atoms with Crippen LogP contribution in [0.15, 0.2) is 53.3 Å². The summed E-state index contributed by atoms with van der Waals surface area (Å²) in [7, 11) is 0. The molecule has 0 unspecified atom stereocenters. The minimum Gasteiger partial charge on any atom is -0.467 e. The summed E-state index contributed by atoms with van der Waals surface area (Å²) in [6.45, 7) is 0.465. The second-order valence-electron chi connectivity index (χ2n) is 4.38. The van der Waals surface area contributed by atoms with Gasteiger partial charge in [-0.05, 0) is 24.3 Å². The van der Waals surface area contributed by atoms with Gasteiger partial charge in [0.05, 0.1) is 30.3 Å². The Morgan fingerprint density at radius 2 is 2.09 bits per heavy atom. The van der Waals surface area contributed by atoms with E-state index in [1.807, 2.05) is 18.2 Å². The third-order valence-electron chi connectivity index (χ3n) is 2.87. The van der Waals surface area contributed by atoms with E-state index in [4.69, 9.17) is 9.68 Å². The third kappa shape index (κ3) is 3.19. The largest absolute Gasteiger partial charge is 0.467 e. The minimum absolute atomic E-state index is 0.371. The van der Waals surface area contributed by atoms with Crippen molar-refractivity contribution in [1.29, 1.82) is 5.26 Å². The highest BCUT2D eigenvalue weighted by molar-refractivity contribution is 5.64. The molecule has 3 rings (SSSR count). The van der Waals surface area contributed by atoms with Gasteiger partial charge in [-0.25, -0.2) is 0 Å². The lowest BCUT2D eigenvalue weighted by Gasteiger charge is -2.08. The molecule has 7 heteroatoms. The van der Waals surface area contributed by atoms with Crippen LogP contribution in [0.3, 0.4) is 0 Å². The highest BCUT2D eigenvalue weighted by Gasteiger charge is 2.05. The summed E-state index contributed by atoms with van der Waals surface area (Å²) in [5, 5.41) is 22.9. The zero-order chi connectivity index (χ0) is 15.2. The molecule has 0 bridgehead atoms. The molecular weight excluding hydrogens is 280 g/mol. The standard InChI is InChI=1S/C15H12N6O/c16-8-11-4-1-2-6-13(11)19-14-10-18-21-15(20-14)17-9-12-5-3-7-22-12/h1-7,10H,9H2,(H2,17,19,20,21). The molecule has 0 radical (unpaired) electrons. The van der Waals surface area contributed by atoms with Crippen molar-refractivity contribution in [3.05, 3.63) is 60.2 Å². The molecule has 22 heavy (non-hydrogen) atoms. The van der Waals surface area contributed by atoms with Crippen LogP contribution in [0.2, 0.25) is 0 Å². The van der Waals surface area contributed by atoms with E-state index in [0.717, 1.165) is 5.76 Å². The molecule has 3 aromatic rings. The molecular formula is C15H12N6O. The average Bonchev–Trinajstić information content (AvgIpc) is 3.07. The Morgan fingerprint density at radius 1 is 1.18 bits per heavy atom. The van der Waals surface area contributed by atoms with Gasteiger partial charge >= 0.3 is 0 Å². The number of para-hydroxylation sites is 1. The van der Waals surface area contributed by atoms with E-state index in [1.165, 1.54) is 6.20 Å². The van der Waals surface area contributed by atoms with Gasteiger partial charge in [0.15, 0.2) is 5.82 Å². The predicted octanol–water partition coefficient (Wildman–Crippen LogP) is 2.69. The second kappa shape index (κ2) is 6.37. The lowest BCUT2D eigenvalue weighted by Crippen LogP contribution is -2.06. The number of aromatic nitrogens is 3. The van der Waals surface area contributed by atoms with Crippen LogP contribution in [0.1, 0.15) is 11.3 Å². The smallest absolute Gasteiger partial charge is 0.245 e. The van der Waals surface area contributed by atoms with E-state index >= 15 is 0 Å². The highest BCUT2D eigenvalue weighted by Crippen LogP contribution is 2.18. The van der Waals surface area contributed by atoms with Crippen LogP contribution in [0.5, 0.6) is 0 Å². The van der Waals surface area contributed by atoms with Gasteiger partial charge < -0.3 is 15.1 Å². The SMILES string of the molecule is N#Cc1ccccc1Nc1cnnc(NCc2ccco2)n1. The first-order valence-electron chi connectivity index (χ1n) is 6.57. The van der Waals surface area contributed by atoms with E-state index in [1.54, 1.807) is 24.5 Å². The van der Waals surface area contributed by atoms with E-state index < -0.39 is 0 Å². The molecule has 7 nitrogen and oxygen atoms in total. The fourth-order valence-electron chi connectivity index (χ4n) is 1.85. The first kappa shape index (κ1) is 13.6. The van der Waals surface area contributed by atoms with Crippen molar-refractivity contribution >= 4 is 17.5 Å². The van der Waals surface area contributed by atoms with Crippen molar-refractivity contribution in [2.24, 2.45) is 0 Å². The maximum Gasteiger partial charge on any atom is 0.245 e. The van der Waals surface area contributed by atoms with E-state index in [2.05, 4.69) is 31.9 Å². The van der Waals surface area contributed by atoms with Gasteiger partial charge in [-0.15, -0.1) is 5.10 Å². The summed E-state index contributed by atoms with van der Waals surface area (Å²) in [6.07, 6.45) is 3.10. The van der Waals surface area contributed by atoms with Gasteiger partial charge in [-0.3, -0.25) is 0 Å². The first-order chi connectivity index (χ1) is 10.8. The Balaban J connectivity index is 1.72. The Bertz CT molecular complexity index is 794. The Kier molecular flexibility index (Phi) is 3.93. The van der Waals surface area contributed by atoms with Gasteiger partial charge in [0, 0.05) is 0 Å². The monoisotopic (exact) mass is 292 g/mol. The molecule has 0 spiro atoms. The molecule has 0 amide bonds. The van der Waals surface area contributed by atoms with E-state index in [0.29, 0.717) is 29.6 Å². The summed E-state index contributed by atoms with van der Waals surface area (Å²) in [5.41, 5.74) is 1.20. The molecule has 0 saturated heterocycles. The summed E-state index contributed by atoms with van der Waals surface area (Å²) in [4.78, 5) is 4.30. The van der Waals surface area contributed by atoms with Crippen molar-refractivity contribution in [3.63, 3.8) is 0 Å². The average molecular weight is 292 g/mol. The van der Waals surface area contributed by atoms with Crippen LogP contribution in [-0.4, -0.2) is 15.2 Å². The van der Waals surface area contributed by atoms with Crippen molar-refractivity contribution in [1.82, 2.24) is 15.2 Å². The maximum absolute atomic E-state index is 9.08. The Hall–Kier alpha value is -3.40. The van der Waals surface area contributed by atoms with Crippen molar-refractivity contribution in [3.8, 4) is 6.07 Å². The quantitative estimate of drug-likeness (QED) is 0.745. The van der Waals surface area contributed by atoms with Crippen LogP contribution in [0, 0.1) is 11.3 Å². The molecule has 0 aliphatic heterocycles. The number of nitrogens with one attached hydrogen (secondary N) is 2. The first-order valence-corrected chi connectivity index (χ1v) is 6.57. The molecule has 108 valence electrons. The lowest BCUT2D eigenvalue weighted by atomic mass is 10.2. The highest BCUT2D eigenvalue weighted by atomic mass is 16.3. The lowest BCUT2D eigenvalue weighted by molar-refractivity contribution is 0.517. The number of hydrogen-bond donors (Lipinski definition) is 2. The van der Waals surface area contributed by atoms with E-state index in [-0.39, 0.29) is 0 Å². The second-order valence-corrected chi connectivity index (χ2v) is 4.38. The number of rotatable bonds is 5. The summed E-state index contributed by atoms with van der Waals surface area (Å²) < 4.78 is 5.22. The topological polar surface area (TPSA) is 99.7 Å². The number of hydrogen-bond acceptors (Lipinski definition) is 7. The number of furan rings is 1. The van der Waals surface area contributed by atoms with Crippen molar-refractivity contribution in [2.75, 3.05) is 10.6 Å². The summed E-state index contributed by atoms with van der Waals surface area (Å²) in [5.74, 6) is 1.65. The van der Waals surface area contributed by atoms with Gasteiger partial charge in [0.25, 0.3) is 0 Å². The number of nitrogens with zero attached hydrogens (tertiary/aromatic N) is 4. The molecule has 0 fully saturated rings.